The fourth-order valence-electron chi connectivity index (χ4n) is 2.14. The molecule has 0 saturated heterocycles. The highest BCUT2D eigenvalue weighted by molar-refractivity contribution is 6.05. The molecule has 0 fully saturated rings. The van der Waals surface area contributed by atoms with Gasteiger partial charge in [-0.2, -0.15) is 0 Å². The highest BCUT2D eigenvalue weighted by Gasteiger charge is 2.17. The SMILES string of the molecule is CC(=O)/C(=C/c1c(O)n(C)c(=O)n(C)c1=O)NC(=O)c1ccccc1. The van der Waals surface area contributed by atoms with E-state index in [2.05, 4.69) is 5.32 Å². The molecule has 8 nitrogen and oxygen atoms in total. The number of carbonyl (C=O) groups excluding carboxylic acids is 2. The van der Waals surface area contributed by atoms with Crippen LogP contribution in [0.3, 0.4) is 0 Å². The van der Waals surface area contributed by atoms with Gasteiger partial charge in [-0.25, -0.2) is 4.79 Å². The van der Waals surface area contributed by atoms with E-state index in [0.717, 1.165) is 15.2 Å². The van der Waals surface area contributed by atoms with Gasteiger partial charge in [0, 0.05) is 26.6 Å². The molecule has 2 aromatic rings. The van der Waals surface area contributed by atoms with Gasteiger partial charge in [0.1, 0.15) is 5.56 Å². The quantitative estimate of drug-likeness (QED) is 0.768. The molecule has 1 aromatic carbocycles. The number of aromatic nitrogens is 2. The van der Waals surface area contributed by atoms with E-state index in [0.29, 0.717) is 5.56 Å². The molecule has 0 aliphatic carbocycles. The Balaban J connectivity index is 2.53. The number of Topliss-reactive ketones (excluding diaryl/α,β-unsaturated/α-hetero) is 1. The molecule has 25 heavy (non-hydrogen) atoms. The van der Waals surface area contributed by atoms with Crippen LogP contribution in [0.1, 0.15) is 22.8 Å². The van der Waals surface area contributed by atoms with E-state index in [4.69, 9.17) is 0 Å². The predicted octanol–water partition coefficient (Wildman–Crippen LogP) is 0.149. The highest BCUT2D eigenvalue weighted by Crippen LogP contribution is 2.13. The van der Waals surface area contributed by atoms with Crippen LogP contribution in [0.4, 0.5) is 0 Å². The minimum Gasteiger partial charge on any atom is -0.494 e. The molecular formula is C17H17N3O5. The number of amides is 1. The van der Waals surface area contributed by atoms with E-state index < -0.39 is 28.8 Å². The minimum atomic E-state index is -0.784. The van der Waals surface area contributed by atoms with Crippen LogP contribution < -0.4 is 16.6 Å². The first-order valence-electron chi connectivity index (χ1n) is 7.32. The number of aromatic hydroxyl groups is 1. The van der Waals surface area contributed by atoms with Gasteiger partial charge < -0.3 is 10.4 Å². The van der Waals surface area contributed by atoms with Crippen LogP contribution in [0.25, 0.3) is 6.08 Å². The van der Waals surface area contributed by atoms with E-state index in [1.165, 1.54) is 21.0 Å². The summed E-state index contributed by atoms with van der Waals surface area (Å²) in [6, 6.07) is 8.21. The van der Waals surface area contributed by atoms with E-state index in [-0.39, 0.29) is 11.3 Å². The monoisotopic (exact) mass is 343 g/mol. The summed E-state index contributed by atoms with van der Waals surface area (Å²) in [4.78, 5) is 48.0. The lowest BCUT2D eigenvalue weighted by atomic mass is 10.1. The number of ketones is 1. The molecule has 0 aliphatic heterocycles. The molecule has 0 saturated carbocycles. The molecule has 0 bridgehead atoms. The molecule has 2 rings (SSSR count). The molecule has 130 valence electrons. The summed E-state index contributed by atoms with van der Waals surface area (Å²) in [5, 5.41) is 12.5. The molecule has 1 amide bonds. The first-order chi connectivity index (χ1) is 11.7. The van der Waals surface area contributed by atoms with Gasteiger partial charge in [-0.1, -0.05) is 18.2 Å². The Kier molecular flexibility index (Phi) is 5.02. The Morgan fingerprint density at radius 3 is 2.24 bits per heavy atom. The van der Waals surface area contributed by atoms with Crippen LogP contribution >= 0.6 is 0 Å². The van der Waals surface area contributed by atoms with Crippen LogP contribution in [0.5, 0.6) is 5.88 Å². The van der Waals surface area contributed by atoms with Gasteiger partial charge in [-0.3, -0.25) is 23.5 Å². The number of nitrogens with zero attached hydrogens (tertiary/aromatic N) is 2. The lowest BCUT2D eigenvalue weighted by Gasteiger charge is -2.10. The summed E-state index contributed by atoms with van der Waals surface area (Å²) in [7, 11) is 2.53. The summed E-state index contributed by atoms with van der Waals surface area (Å²) in [6.07, 6.45) is 1.06. The van der Waals surface area contributed by atoms with E-state index >= 15 is 0 Å². The van der Waals surface area contributed by atoms with Gasteiger partial charge in [0.15, 0.2) is 5.78 Å². The van der Waals surface area contributed by atoms with Crippen molar-refractivity contribution in [1.82, 2.24) is 14.5 Å². The van der Waals surface area contributed by atoms with Crippen molar-refractivity contribution in [3.8, 4) is 5.88 Å². The number of hydrogen-bond acceptors (Lipinski definition) is 5. The molecule has 0 radical (unpaired) electrons. The maximum absolute atomic E-state index is 12.2. The Morgan fingerprint density at radius 2 is 1.68 bits per heavy atom. The molecule has 1 heterocycles. The zero-order chi connectivity index (χ0) is 18.7. The lowest BCUT2D eigenvalue weighted by Crippen LogP contribution is -2.38. The Hall–Kier alpha value is -3.42. The van der Waals surface area contributed by atoms with Crippen LogP contribution in [0.2, 0.25) is 0 Å². The zero-order valence-electron chi connectivity index (χ0n) is 13.9. The highest BCUT2D eigenvalue weighted by atomic mass is 16.3. The van der Waals surface area contributed by atoms with Crippen molar-refractivity contribution in [3.05, 3.63) is 68.0 Å². The summed E-state index contributed by atoms with van der Waals surface area (Å²) in [5.74, 6) is -1.65. The smallest absolute Gasteiger partial charge is 0.333 e. The second-order valence-electron chi connectivity index (χ2n) is 5.38. The van der Waals surface area contributed by atoms with Crippen molar-refractivity contribution in [3.63, 3.8) is 0 Å². The fourth-order valence-corrected chi connectivity index (χ4v) is 2.14. The summed E-state index contributed by atoms with van der Waals surface area (Å²) in [6.45, 7) is 1.21. The Bertz CT molecular complexity index is 984. The van der Waals surface area contributed by atoms with Gasteiger partial charge in [0.25, 0.3) is 11.5 Å². The number of benzene rings is 1. The Labute approximate surface area is 142 Å². The summed E-state index contributed by atoms with van der Waals surface area (Å²) >= 11 is 0. The minimum absolute atomic E-state index is 0.181. The fraction of sp³-hybridized carbons (Fsp3) is 0.176. The second kappa shape index (κ2) is 7.00. The second-order valence-corrected chi connectivity index (χ2v) is 5.38. The van der Waals surface area contributed by atoms with Crippen LogP contribution in [0.15, 0.2) is 45.6 Å². The topological polar surface area (TPSA) is 110 Å². The van der Waals surface area contributed by atoms with Crippen molar-refractivity contribution >= 4 is 17.8 Å². The van der Waals surface area contributed by atoms with Crippen molar-refractivity contribution in [2.24, 2.45) is 14.1 Å². The molecule has 0 aliphatic rings. The molecule has 1 aromatic heterocycles. The van der Waals surface area contributed by atoms with Gasteiger partial charge in [0.05, 0.1) is 5.70 Å². The molecular weight excluding hydrogens is 326 g/mol. The summed E-state index contributed by atoms with van der Waals surface area (Å²) in [5.41, 5.74) is -1.62. The average molecular weight is 343 g/mol. The van der Waals surface area contributed by atoms with Crippen LogP contribution in [0, 0.1) is 0 Å². The van der Waals surface area contributed by atoms with Crippen molar-refractivity contribution < 1.29 is 14.7 Å². The van der Waals surface area contributed by atoms with E-state index in [9.17, 15) is 24.3 Å². The molecule has 8 heteroatoms. The van der Waals surface area contributed by atoms with E-state index in [1.807, 2.05) is 0 Å². The maximum Gasteiger partial charge on any atom is 0.333 e. The van der Waals surface area contributed by atoms with E-state index in [1.54, 1.807) is 30.3 Å². The Morgan fingerprint density at radius 1 is 1.08 bits per heavy atom. The third-order valence-corrected chi connectivity index (χ3v) is 3.62. The van der Waals surface area contributed by atoms with Crippen molar-refractivity contribution in [2.45, 2.75) is 6.92 Å². The molecule has 0 atom stereocenters. The number of hydrogen-bond donors (Lipinski definition) is 2. The molecule has 0 spiro atoms. The number of rotatable bonds is 4. The van der Waals surface area contributed by atoms with Crippen molar-refractivity contribution in [2.75, 3.05) is 0 Å². The molecule has 0 unspecified atom stereocenters. The van der Waals surface area contributed by atoms with Crippen LogP contribution in [-0.2, 0) is 18.9 Å². The first-order valence-corrected chi connectivity index (χ1v) is 7.32. The molecule has 2 N–H and O–H groups in total. The maximum atomic E-state index is 12.2. The standard InChI is InChI=1S/C17H17N3O5/c1-10(21)13(18-14(22)11-7-5-4-6-8-11)9-12-15(23)19(2)17(25)20(3)16(12)24/h4-9,23H,1-3H3,(H,18,22)/b13-9-. The number of allylic oxidation sites excluding steroid dienone is 1. The summed E-state index contributed by atoms with van der Waals surface area (Å²) < 4.78 is 1.66. The zero-order valence-corrected chi connectivity index (χ0v) is 13.9. The third-order valence-electron chi connectivity index (χ3n) is 3.62. The number of carbonyl (C=O) groups is 2. The number of nitrogens with one attached hydrogen (secondary N) is 1. The normalized spacial score (nSPS) is 11.2. The largest absolute Gasteiger partial charge is 0.494 e. The van der Waals surface area contributed by atoms with Crippen LogP contribution in [-0.4, -0.2) is 25.9 Å². The first kappa shape index (κ1) is 17.9. The lowest BCUT2D eigenvalue weighted by molar-refractivity contribution is -0.113. The third kappa shape index (κ3) is 3.57. The van der Waals surface area contributed by atoms with Crippen molar-refractivity contribution in [1.29, 1.82) is 0 Å². The van der Waals surface area contributed by atoms with Gasteiger partial charge in [0.2, 0.25) is 5.88 Å². The van der Waals surface area contributed by atoms with Gasteiger partial charge >= 0.3 is 5.69 Å². The predicted molar refractivity (Wildman–Crippen MR) is 91.2 cm³/mol. The average Bonchev–Trinajstić information content (AvgIpc) is 2.61. The van der Waals surface area contributed by atoms with Gasteiger partial charge in [-0.15, -0.1) is 0 Å². The van der Waals surface area contributed by atoms with Gasteiger partial charge in [-0.05, 0) is 18.2 Å².